The van der Waals surface area contributed by atoms with Crippen LogP contribution >= 0.6 is 8.35 Å². The van der Waals surface area contributed by atoms with Gasteiger partial charge >= 0.3 is 11.9 Å². The van der Waals surface area contributed by atoms with Crippen LogP contribution in [0, 0.1) is 0 Å². The molecule has 0 saturated carbocycles. The van der Waals surface area contributed by atoms with Crippen molar-refractivity contribution in [3.63, 3.8) is 0 Å². The standard InChI is InChI=1S/C7H9N2O4P/c1-9-8-4(6(10)12-2)5(14-9)7(11)13-3/h1-3H3. The summed E-state index contributed by atoms with van der Waals surface area (Å²) < 4.78 is 10.4. The molecule has 1 aromatic heterocycles. The third kappa shape index (κ3) is 1.90. The summed E-state index contributed by atoms with van der Waals surface area (Å²) in [6.07, 6.45) is 0. The molecular weight excluding hydrogens is 207 g/mol. The molecule has 0 aliphatic carbocycles. The molecule has 14 heavy (non-hydrogen) atoms. The van der Waals surface area contributed by atoms with Crippen molar-refractivity contribution in [1.29, 1.82) is 0 Å². The minimum absolute atomic E-state index is 0.00326. The normalized spacial score (nSPS) is 10.2. The fraction of sp³-hybridized carbons (Fsp3) is 0.429. The van der Waals surface area contributed by atoms with Gasteiger partial charge in [0.25, 0.3) is 0 Å². The number of rotatable bonds is 2. The predicted molar refractivity (Wildman–Crippen MR) is 48.4 cm³/mol. The lowest BCUT2D eigenvalue weighted by Gasteiger charge is -1.96. The average molecular weight is 216 g/mol. The molecule has 1 rings (SSSR count). The van der Waals surface area contributed by atoms with Crippen molar-refractivity contribution in [2.75, 3.05) is 14.2 Å². The number of aryl methyl sites for hydroxylation is 1. The van der Waals surface area contributed by atoms with E-state index in [1.807, 2.05) is 0 Å². The number of hydrogen-bond donors (Lipinski definition) is 0. The van der Waals surface area contributed by atoms with Crippen LogP contribution < -0.4 is 0 Å². The zero-order valence-electron chi connectivity index (χ0n) is 7.97. The van der Waals surface area contributed by atoms with Gasteiger partial charge in [-0.25, -0.2) is 14.0 Å². The molecule has 0 atom stereocenters. The summed E-state index contributed by atoms with van der Waals surface area (Å²) in [6, 6.07) is 0. The third-order valence-electron chi connectivity index (χ3n) is 1.47. The number of nitrogens with zero attached hydrogens (tertiary/aromatic N) is 2. The molecule has 0 amide bonds. The van der Waals surface area contributed by atoms with Gasteiger partial charge in [-0.1, -0.05) is 0 Å². The first kappa shape index (κ1) is 10.7. The lowest BCUT2D eigenvalue weighted by Crippen LogP contribution is -2.09. The lowest BCUT2D eigenvalue weighted by molar-refractivity contribution is 0.0554. The molecule has 0 N–H and O–H groups in total. The Balaban J connectivity index is 3.15. The molecule has 6 nitrogen and oxygen atoms in total. The van der Waals surface area contributed by atoms with E-state index in [4.69, 9.17) is 0 Å². The van der Waals surface area contributed by atoms with Gasteiger partial charge in [0.05, 0.1) is 22.6 Å². The van der Waals surface area contributed by atoms with E-state index >= 15 is 0 Å². The van der Waals surface area contributed by atoms with Crippen LogP contribution in [0.4, 0.5) is 0 Å². The van der Waals surface area contributed by atoms with Crippen molar-refractivity contribution in [2.24, 2.45) is 7.05 Å². The van der Waals surface area contributed by atoms with E-state index in [2.05, 4.69) is 14.6 Å². The number of aromatic nitrogens is 2. The van der Waals surface area contributed by atoms with Crippen LogP contribution in [0.2, 0.25) is 0 Å². The van der Waals surface area contributed by atoms with Gasteiger partial charge in [-0.15, -0.1) is 0 Å². The fourth-order valence-electron chi connectivity index (χ4n) is 0.875. The number of methoxy groups -OCH3 is 2. The quantitative estimate of drug-likeness (QED) is 0.676. The topological polar surface area (TPSA) is 70.4 Å². The van der Waals surface area contributed by atoms with Crippen molar-refractivity contribution < 1.29 is 19.1 Å². The Kier molecular flexibility index (Phi) is 3.19. The smallest absolute Gasteiger partial charge is 0.359 e. The molecule has 1 heterocycles. The van der Waals surface area contributed by atoms with Gasteiger partial charge in [0.1, 0.15) is 5.30 Å². The first-order chi connectivity index (χ1) is 6.60. The van der Waals surface area contributed by atoms with Crippen LogP contribution in [0.1, 0.15) is 20.6 Å². The van der Waals surface area contributed by atoms with Gasteiger partial charge in [0, 0.05) is 7.05 Å². The first-order valence-corrected chi connectivity index (χ1v) is 4.52. The average Bonchev–Trinajstić information content (AvgIpc) is 2.58. The van der Waals surface area contributed by atoms with Crippen LogP contribution in [0.15, 0.2) is 0 Å². The Morgan fingerprint density at radius 2 is 1.86 bits per heavy atom. The Labute approximate surface area is 82.0 Å². The van der Waals surface area contributed by atoms with Gasteiger partial charge < -0.3 is 9.47 Å². The molecule has 0 bridgehead atoms. The van der Waals surface area contributed by atoms with Gasteiger partial charge in [0.15, 0.2) is 5.69 Å². The van der Waals surface area contributed by atoms with Crippen LogP contribution in [0.5, 0.6) is 0 Å². The van der Waals surface area contributed by atoms with Gasteiger partial charge in [0.2, 0.25) is 0 Å². The largest absolute Gasteiger partial charge is 0.465 e. The summed E-state index contributed by atoms with van der Waals surface area (Å²) in [5.74, 6) is -1.21. The second kappa shape index (κ2) is 4.19. The molecule has 0 saturated heterocycles. The van der Waals surface area contributed by atoms with E-state index in [0.717, 1.165) is 0 Å². The summed E-state index contributed by atoms with van der Waals surface area (Å²) in [5.41, 5.74) is 0.00326. The molecule has 7 heteroatoms. The Bertz CT molecular complexity index is 340. The highest BCUT2D eigenvalue weighted by Gasteiger charge is 2.23. The van der Waals surface area contributed by atoms with E-state index in [1.165, 1.54) is 18.7 Å². The zero-order valence-corrected chi connectivity index (χ0v) is 8.87. The minimum Gasteiger partial charge on any atom is -0.465 e. The predicted octanol–water partition coefficient (Wildman–Crippen LogP) is 0.573. The maximum atomic E-state index is 11.2. The van der Waals surface area contributed by atoms with Crippen molar-refractivity contribution in [2.45, 2.75) is 0 Å². The van der Waals surface area contributed by atoms with Crippen molar-refractivity contribution in [3.8, 4) is 0 Å². The van der Waals surface area contributed by atoms with Gasteiger partial charge in [-0.3, -0.25) is 0 Å². The summed E-state index contributed by atoms with van der Waals surface area (Å²) >= 11 is 0. The van der Waals surface area contributed by atoms with Crippen molar-refractivity contribution in [3.05, 3.63) is 11.0 Å². The molecule has 0 fully saturated rings. The Morgan fingerprint density at radius 3 is 2.36 bits per heavy atom. The van der Waals surface area contributed by atoms with E-state index in [-0.39, 0.29) is 11.0 Å². The van der Waals surface area contributed by atoms with Crippen LogP contribution in [-0.2, 0) is 16.5 Å². The second-order valence-corrected chi connectivity index (χ2v) is 3.60. The molecule has 1 aromatic rings. The maximum absolute atomic E-state index is 11.2. The number of hydrogen-bond acceptors (Lipinski definition) is 5. The van der Waals surface area contributed by atoms with Gasteiger partial charge in [-0.05, 0) is 0 Å². The van der Waals surface area contributed by atoms with Crippen LogP contribution in [-0.4, -0.2) is 35.7 Å². The number of esters is 2. The molecule has 0 aliphatic heterocycles. The van der Waals surface area contributed by atoms with E-state index in [9.17, 15) is 9.59 Å². The van der Waals surface area contributed by atoms with Gasteiger partial charge in [-0.2, -0.15) is 5.10 Å². The molecule has 0 unspecified atom stereocenters. The molecule has 0 radical (unpaired) electrons. The highest BCUT2D eigenvalue weighted by Crippen LogP contribution is 2.19. The summed E-state index contributed by atoms with van der Waals surface area (Å²) in [6.45, 7) is 0. The SMILES string of the molecule is COC(=O)c1nn(C)pc1C(=O)OC. The number of ether oxygens (including phenoxy) is 2. The molecular formula is C7H9N2O4P. The fourth-order valence-corrected chi connectivity index (χ4v) is 1.70. The summed E-state index contributed by atoms with van der Waals surface area (Å²) in [7, 11) is 4.63. The van der Waals surface area contributed by atoms with Crippen molar-refractivity contribution in [1.82, 2.24) is 9.54 Å². The van der Waals surface area contributed by atoms with Crippen LogP contribution in [0.25, 0.3) is 0 Å². The lowest BCUT2D eigenvalue weighted by atomic mass is 10.4. The molecule has 0 spiro atoms. The maximum Gasteiger partial charge on any atom is 0.359 e. The molecule has 0 aromatic carbocycles. The van der Waals surface area contributed by atoms with Crippen LogP contribution in [0.3, 0.4) is 0 Å². The highest BCUT2D eigenvalue weighted by atomic mass is 31.0. The second-order valence-electron chi connectivity index (χ2n) is 2.37. The summed E-state index contributed by atoms with van der Waals surface area (Å²) in [5, 5.41) is 4.03. The summed E-state index contributed by atoms with van der Waals surface area (Å²) in [4.78, 5) is 22.4. The van der Waals surface area contributed by atoms with E-state index in [1.54, 1.807) is 7.05 Å². The van der Waals surface area contributed by atoms with E-state index < -0.39 is 11.9 Å². The first-order valence-electron chi connectivity index (χ1n) is 3.68. The number of carbonyl (C=O) groups is 2. The third-order valence-corrected chi connectivity index (χ3v) is 2.44. The minimum atomic E-state index is -0.637. The van der Waals surface area contributed by atoms with Crippen molar-refractivity contribution >= 4 is 20.3 Å². The van der Waals surface area contributed by atoms with E-state index in [0.29, 0.717) is 8.35 Å². The monoisotopic (exact) mass is 216 g/mol. The number of carbonyl (C=O) groups excluding carboxylic acids is 2. The molecule has 0 aliphatic rings. The highest BCUT2D eigenvalue weighted by molar-refractivity contribution is 7.28. The zero-order chi connectivity index (χ0) is 10.7. The Morgan fingerprint density at radius 1 is 1.29 bits per heavy atom. The molecule has 76 valence electrons. The Hall–Kier alpha value is -1.42.